The van der Waals surface area contributed by atoms with E-state index in [0.717, 1.165) is 11.1 Å². The second-order valence-corrected chi connectivity index (χ2v) is 6.66. The molecule has 138 valence electrons. The summed E-state index contributed by atoms with van der Waals surface area (Å²) < 4.78 is 0. The van der Waals surface area contributed by atoms with Crippen molar-refractivity contribution in [1.29, 1.82) is 0 Å². The highest BCUT2D eigenvalue weighted by molar-refractivity contribution is 5.79. The molecule has 0 bridgehead atoms. The van der Waals surface area contributed by atoms with Gasteiger partial charge in [-0.05, 0) is 25.2 Å². The summed E-state index contributed by atoms with van der Waals surface area (Å²) in [5.41, 5.74) is 1.98. The summed E-state index contributed by atoms with van der Waals surface area (Å²) in [5.74, 6) is -0.247. The van der Waals surface area contributed by atoms with Crippen molar-refractivity contribution in [3.63, 3.8) is 0 Å². The molecular formula is C21H27N3O2. The first-order valence-corrected chi connectivity index (χ1v) is 8.77. The molecule has 0 saturated carbocycles. The molecule has 5 nitrogen and oxygen atoms in total. The van der Waals surface area contributed by atoms with E-state index in [0.29, 0.717) is 6.54 Å². The normalized spacial score (nSPS) is 13.1. The molecule has 0 aliphatic rings. The molecule has 0 saturated heterocycles. The molecule has 26 heavy (non-hydrogen) atoms. The highest BCUT2D eigenvalue weighted by atomic mass is 16.2. The average molecular weight is 353 g/mol. The lowest BCUT2D eigenvalue weighted by molar-refractivity contribution is -0.123. The lowest BCUT2D eigenvalue weighted by atomic mass is 10.0. The second kappa shape index (κ2) is 9.73. The van der Waals surface area contributed by atoms with Crippen LogP contribution in [0.4, 0.5) is 0 Å². The van der Waals surface area contributed by atoms with Crippen LogP contribution in [0.2, 0.25) is 0 Å². The van der Waals surface area contributed by atoms with Crippen LogP contribution in [-0.4, -0.2) is 37.4 Å². The fourth-order valence-electron chi connectivity index (χ4n) is 2.91. The number of hydrogen-bond donors (Lipinski definition) is 2. The molecule has 2 aromatic rings. The Morgan fingerprint density at radius 3 is 1.81 bits per heavy atom. The maximum atomic E-state index is 12.7. The quantitative estimate of drug-likeness (QED) is 0.767. The van der Waals surface area contributed by atoms with Crippen molar-refractivity contribution >= 4 is 11.8 Å². The third kappa shape index (κ3) is 6.33. The van der Waals surface area contributed by atoms with Gasteiger partial charge in [-0.15, -0.1) is 0 Å². The first kappa shape index (κ1) is 19.7. The zero-order chi connectivity index (χ0) is 18.9. The van der Waals surface area contributed by atoms with E-state index < -0.39 is 0 Å². The van der Waals surface area contributed by atoms with E-state index in [1.165, 1.54) is 6.92 Å². The van der Waals surface area contributed by atoms with Gasteiger partial charge >= 0.3 is 0 Å². The van der Waals surface area contributed by atoms with Crippen molar-refractivity contribution < 1.29 is 9.59 Å². The number of benzene rings is 2. The minimum Gasteiger partial charge on any atom is -0.349 e. The summed E-state index contributed by atoms with van der Waals surface area (Å²) in [5, 5.41) is 5.98. The van der Waals surface area contributed by atoms with Gasteiger partial charge in [-0.1, -0.05) is 60.7 Å². The maximum Gasteiger partial charge on any atom is 0.222 e. The van der Waals surface area contributed by atoms with E-state index in [2.05, 4.69) is 10.6 Å². The van der Waals surface area contributed by atoms with Gasteiger partial charge in [0.05, 0.1) is 18.5 Å². The summed E-state index contributed by atoms with van der Waals surface area (Å²) in [6.45, 7) is 2.17. The van der Waals surface area contributed by atoms with E-state index in [1.807, 2.05) is 79.7 Å². The standard InChI is InChI=1S/C21H27N3O2/c1-16(25)22-19(17-10-6-4-7-11-17)14-21(26)23-20(15-24(2)3)18-12-8-5-9-13-18/h4-13,19-20H,14-15H2,1-3H3,(H,22,25)(H,23,26)/t19-,20-/m0/s1. The molecule has 5 heteroatoms. The van der Waals surface area contributed by atoms with E-state index in [9.17, 15) is 9.59 Å². The number of amides is 2. The van der Waals surface area contributed by atoms with Crippen LogP contribution in [0.25, 0.3) is 0 Å². The van der Waals surface area contributed by atoms with Crippen LogP contribution in [0, 0.1) is 0 Å². The number of hydrogen-bond acceptors (Lipinski definition) is 3. The summed E-state index contributed by atoms with van der Waals surface area (Å²) in [4.78, 5) is 26.3. The van der Waals surface area contributed by atoms with Crippen molar-refractivity contribution in [3.8, 4) is 0 Å². The monoisotopic (exact) mass is 353 g/mol. The van der Waals surface area contributed by atoms with E-state index in [4.69, 9.17) is 0 Å². The predicted octanol–water partition coefficient (Wildman–Crippen LogP) is 2.67. The number of rotatable bonds is 8. The zero-order valence-electron chi connectivity index (χ0n) is 15.6. The Morgan fingerprint density at radius 2 is 1.35 bits per heavy atom. The molecule has 0 fully saturated rings. The Kier molecular flexibility index (Phi) is 7.36. The number of nitrogens with zero attached hydrogens (tertiary/aromatic N) is 1. The van der Waals surface area contributed by atoms with E-state index >= 15 is 0 Å². The van der Waals surface area contributed by atoms with Crippen LogP contribution in [-0.2, 0) is 9.59 Å². The smallest absolute Gasteiger partial charge is 0.222 e. The van der Waals surface area contributed by atoms with Crippen LogP contribution in [0.3, 0.4) is 0 Å². The van der Waals surface area contributed by atoms with Gasteiger partial charge in [-0.2, -0.15) is 0 Å². The molecule has 0 radical (unpaired) electrons. The molecular weight excluding hydrogens is 326 g/mol. The highest BCUT2D eigenvalue weighted by Gasteiger charge is 2.20. The van der Waals surface area contributed by atoms with Crippen LogP contribution < -0.4 is 10.6 Å². The van der Waals surface area contributed by atoms with Crippen molar-refractivity contribution in [1.82, 2.24) is 15.5 Å². The fraction of sp³-hybridized carbons (Fsp3) is 0.333. The van der Waals surface area contributed by atoms with Crippen LogP contribution in [0.15, 0.2) is 60.7 Å². The van der Waals surface area contributed by atoms with Gasteiger partial charge in [0.2, 0.25) is 11.8 Å². The molecule has 0 aromatic heterocycles. The molecule has 2 rings (SSSR count). The van der Waals surface area contributed by atoms with Gasteiger partial charge in [0, 0.05) is 13.5 Å². The summed E-state index contributed by atoms with van der Waals surface area (Å²) in [6.07, 6.45) is 0.195. The van der Waals surface area contributed by atoms with Crippen LogP contribution >= 0.6 is 0 Å². The first-order chi connectivity index (χ1) is 12.5. The second-order valence-electron chi connectivity index (χ2n) is 6.66. The third-order valence-electron chi connectivity index (χ3n) is 4.05. The van der Waals surface area contributed by atoms with Crippen molar-refractivity contribution in [2.24, 2.45) is 0 Å². The number of carbonyl (C=O) groups excluding carboxylic acids is 2. The molecule has 0 aliphatic carbocycles. The minimum atomic E-state index is -0.343. The van der Waals surface area contributed by atoms with Gasteiger partial charge in [0.25, 0.3) is 0 Å². The molecule has 2 N–H and O–H groups in total. The largest absolute Gasteiger partial charge is 0.349 e. The molecule has 2 atom stereocenters. The lowest BCUT2D eigenvalue weighted by Gasteiger charge is -2.24. The van der Waals surface area contributed by atoms with E-state index in [1.54, 1.807) is 0 Å². The van der Waals surface area contributed by atoms with Gasteiger partial charge in [0.1, 0.15) is 0 Å². The third-order valence-corrected chi connectivity index (χ3v) is 4.05. The molecule has 0 unspecified atom stereocenters. The number of nitrogens with one attached hydrogen (secondary N) is 2. The van der Waals surface area contributed by atoms with Crippen LogP contribution in [0.5, 0.6) is 0 Å². The van der Waals surface area contributed by atoms with Gasteiger partial charge in [-0.3, -0.25) is 9.59 Å². The number of likely N-dealkylation sites (N-methyl/N-ethyl adjacent to an activating group) is 1. The summed E-state index contributed by atoms with van der Waals surface area (Å²) in [6, 6.07) is 19.0. The Morgan fingerprint density at radius 1 is 0.846 bits per heavy atom. The van der Waals surface area contributed by atoms with Gasteiger partial charge < -0.3 is 15.5 Å². The number of carbonyl (C=O) groups is 2. The molecule has 0 heterocycles. The maximum absolute atomic E-state index is 12.7. The van der Waals surface area contributed by atoms with Crippen LogP contribution in [0.1, 0.15) is 36.6 Å². The SMILES string of the molecule is CC(=O)N[C@@H](CC(=O)N[C@@H](CN(C)C)c1ccccc1)c1ccccc1. The first-order valence-electron chi connectivity index (χ1n) is 8.77. The molecule has 2 amide bonds. The summed E-state index contributed by atoms with van der Waals surface area (Å²) >= 11 is 0. The Hall–Kier alpha value is -2.66. The lowest BCUT2D eigenvalue weighted by Crippen LogP contribution is -2.38. The average Bonchev–Trinajstić information content (AvgIpc) is 2.61. The van der Waals surface area contributed by atoms with Gasteiger partial charge in [0.15, 0.2) is 0 Å². The van der Waals surface area contributed by atoms with Crippen molar-refractivity contribution in [3.05, 3.63) is 71.8 Å². The Balaban J connectivity index is 2.10. The minimum absolute atomic E-state index is 0.0942. The fourth-order valence-corrected chi connectivity index (χ4v) is 2.91. The molecule has 0 aliphatic heterocycles. The van der Waals surface area contributed by atoms with E-state index in [-0.39, 0.29) is 30.3 Å². The van der Waals surface area contributed by atoms with Gasteiger partial charge in [-0.25, -0.2) is 0 Å². The Bertz CT molecular complexity index is 702. The molecule has 2 aromatic carbocycles. The zero-order valence-corrected chi connectivity index (χ0v) is 15.6. The topological polar surface area (TPSA) is 61.4 Å². The summed E-state index contributed by atoms with van der Waals surface area (Å²) in [7, 11) is 3.96. The highest BCUT2D eigenvalue weighted by Crippen LogP contribution is 2.18. The Labute approximate surface area is 155 Å². The predicted molar refractivity (Wildman–Crippen MR) is 103 cm³/mol. The van der Waals surface area contributed by atoms with Crippen molar-refractivity contribution in [2.75, 3.05) is 20.6 Å². The van der Waals surface area contributed by atoms with Crippen molar-refractivity contribution in [2.45, 2.75) is 25.4 Å². The molecule has 0 spiro atoms.